The van der Waals surface area contributed by atoms with Gasteiger partial charge in [-0.25, -0.2) is 4.79 Å². The summed E-state index contributed by atoms with van der Waals surface area (Å²) in [5.41, 5.74) is 0.791. The molecule has 16 heavy (non-hydrogen) atoms. The van der Waals surface area contributed by atoms with E-state index in [0.29, 0.717) is 10.6 Å². The van der Waals surface area contributed by atoms with Gasteiger partial charge >= 0.3 is 5.97 Å². The lowest BCUT2D eigenvalue weighted by Gasteiger charge is -2.05. The molecule has 0 fully saturated rings. The van der Waals surface area contributed by atoms with E-state index in [0.717, 1.165) is 0 Å². The highest BCUT2D eigenvalue weighted by molar-refractivity contribution is 6.30. The average molecular weight is 243 g/mol. The predicted molar refractivity (Wildman–Crippen MR) is 61.8 cm³/mol. The molecule has 0 heterocycles. The SMILES string of the molecule is CCOC(=O)/C(F)=C(\C)c1cccc(Cl)c1. The van der Waals surface area contributed by atoms with Gasteiger partial charge in [-0.1, -0.05) is 23.7 Å². The highest BCUT2D eigenvalue weighted by Crippen LogP contribution is 2.22. The molecule has 0 aliphatic carbocycles. The molecular formula is C12H12ClFO2. The molecule has 0 spiro atoms. The van der Waals surface area contributed by atoms with E-state index in [-0.39, 0.29) is 12.2 Å². The van der Waals surface area contributed by atoms with Gasteiger partial charge in [0.15, 0.2) is 0 Å². The van der Waals surface area contributed by atoms with Crippen LogP contribution in [-0.4, -0.2) is 12.6 Å². The first kappa shape index (κ1) is 12.7. The normalized spacial score (nSPS) is 12.0. The summed E-state index contributed by atoms with van der Waals surface area (Å²) in [4.78, 5) is 11.2. The van der Waals surface area contributed by atoms with Crippen LogP contribution in [0.4, 0.5) is 4.39 Å². The summed E-state index contributed by atoms with van der Waals surface area (Å²) in [7, 11) is 0. The molecule has 0 aliphatic rings. The second-order valence-electron chi connectivity index (χ2n) is 3.17. The van der Waals surface area contributed by atoms with Gasteiger partial charge in [0.25, 0.3) is 0 Å². The monoisotopic (exact) mass is 242 g/mol. The van der Waals surface area contributed by atoms with Crippen molar-refractivity contribution in [3.63, 3.8) is 0 Å². The van der Waals surface area contributed by atoms with Crippen LogP contribution in [0.2, 0.25) is 5.02 Å². The fraction of sp³-hybridized carbons (Fsp3) is 0.250. The Morgan fingerprint density at radius 1 is 1.50 bits per heavy atom. The topological polar surface area (TPSA) is 26.3 Å². The number of carbonyl (C=O) groups is 1. The zero-order chi connectivity index (χ0) is 12.1. The van der Waals surface area contributed by atoms with E-state index in [1.54, 1.807) is 31.2 Å². The largest absolute Gasteiger partial charge is 0.461 e. The van der Waals surface area contributed by atoms with Crippen molar-refractivity contribution in [2.75, 3.05) is 6.61 Å². The molecule has 86 valence electrons. The summed E-state index contributed by atoms with van der Waals surface area (Å²) >= 11 is 5.77. The minimum absolute atomic E-state index is 0.148. The zero-order valence-electron chi connectivity index (χ0n) is 9.09. The number of carbonyl (C=O) groups excluding carboxylic acids is 1. The Balaban J connectivity index is 3.03. The molecule has 0 bridgehead atoms. The first-order chi connectivity index (χ1) is 7.56. The number of hydrogen-bond donors (Lipinski definition) is 0. The van der Waals surface area contributed by atoms with E-state index in [2.05, 4.69) is 4.74 Å². The molecule has 0 radical (unpaired) electrons. The van der Waals surface area contributed by atoms with Crippen LogP contribution in [0.25, 0.3) is 5.57 Å². The van der Waals surface area contributed by atoms with E-state index in [1.165, 1.54) is 6.92 Å². The molecule has 0 amide bonds. The lowest BCUT2D eigenvalue weighted by molar-refractivity contribution is -0.140. The van der Waals surface area contributed by atoms with Gasteiger partial charge in [-0.05, 0) is 37.1 Å². The summed E-state index contributed by atoms with van der Waals surface area (Å²) < 4.78 is 18.1. The summed E-state index contributed by atoms with van der Waals surface area (Å²) in [5.74, 6) is -1.83. The van der Waals surface area contributed by atoms with E-state index in [4.69, 9.17) is 11.6 Å². The molecule has 0 atom stereocenters. The lowest BCUT2D eigenvalue weighted by atomic mass is 10.1. The third-order valence-corrected chi connectivity index (χ3v) is 2.28. The number of rotatable bonds is 3. The molecule has 2 nitrogen and oxygen atoms in total. The minimum atomic E-state index is -0.944. The Hall–Kier alpha value is -1.35. The number of hydrogen-bond acceptors (Lipinski definition) is 2. The first-order valence-corrected chi connectivity index (χ1v) is 5.23. The van der Waals surface area contributed by atoms with Crippen molar-refractivity contribution in [2.45, 2.75) is 13.8 Å². The minimum Gasteiger partial charge on any atom is -0.461 e. The second kappa shape index (κ2) is 5.66. The molecule has 0 saturated heterocycles. The zero-order valence-corrected chi connectivity index (χ0v) is 9.84. The number of halogens is 2. The number of esters is 1. The van der Waals surface area contributed by atoms with E-state index >= 15 is 0 Å². The molecule has 0 aliphatic heterocycles. The standard InChI is InChI=1S/C12H12ClFO2/c1-3-16-12(15)11(14)8(2)9-5-4-6-10(13)7-9/h4-7H,3H2,1-2H3/b11-8-. The molecule has 0 saturated carbocycles. The predicted octanol–water partition coefficient (Wildman–Crippen LogP) is 3.60. The van der Waals surface area contributed by atoms with Gasteiger partial charge in [-0.3, -0.25) is 0 Å². The van der Waals surface area contributed by atoms with Crippen molar-refractivity contribution in [1.82, 2.24) is 0 Å². The van der Waals surface area contributed by atoms with Crippen LogP contribution in [0.1, 0.15) is 19.4 Å². The van der Waals surface area contributed by atoms with Crippen LogP contribution in [0.3, 0.4) is 0 Å². The summed E-state index contributed by atoms with van der Waals surface area (Å²) in [6.45, 7) is 3.28. The Morgan fingerprint density at radius 2 is 2.19 bits per heavy atom. The Morgan fingerprint density at radius 3 is 2.75 bits per heavy atom. The number of allylic oxidation sites excluding steroid dienone is 1. The van der Waals surface area contributed by atoms with Gasteiger partial charge in [0.2, 0.25) is 5.83 Å². The summed E-state index contributed by atoms with van der Waals surface area (Å²) in [6, 6.07) is 6.65. The molecular weight excluding hydrogens is 231 g/mol. The van der Waals surface area contributed by atoms with Crippen LogP contribution in [0.15, 0.2) is 30.1 Å². The highest BCUT2D eigenvalue weighted by atomic mass is 35.5. The summed E-state index contributed by atoms with van der Waals surface area (Å²) in [5, 5.41) is 0.494. The Labute approximate surface area is 98.7 Å². The molecule has 0 aromatic heterocycles. The van der Waals surface area contributed by atoms with Gasteiger partial charge in [0.05, 0.1) is 6.61 Å². The number of ether oxygens (including phenoxy) is 1. The third kappa shape index (κ3) is 3.07. The van der Waals surface area contributed by atoms with Crippen LogP contribution in [-0.2, 0) is 9.53 Å². The number of benzene rings is 1. The molecule has 1 aromatic rings. The van der Waals surface area contributed by atoms with Crippen LogP contribution >= 0.6 is 11.6 Å². The molecule has 4 heteroatoms. The van der Waals surface area contributed by atoms with E-state index in [9.17, 15) is 9.18 Å². The summed E-state index contributed by atoms with van der Waals surface area (Å²) in [6.07, 6.45) is 0. The van der Waals surface area contributed by atoms with Gasteiger partial charge in [-0.2, -0.15) is 4.39 Å². The average Bonchev–Trinajstić information content (AvgIpc) is 2.27. The van der Waals surface area contributed by atoms with Crippen LogP contribution in [0.5, 0.6) is 0 Å². The van der Waals surface area contributed by atoms with Crippen LogP contribution < -0.4 is 0 Å². The fourth-order valence-corrected chi connectivity index (χ4v) is 1.39. The molecule has 0 N–H and O–H groups in total. The van der Waals surface area contributed by atoms with Gasteiger partial charge in [0.1, 0.15) is 0 Å². The maximum absolute atomic E-state index is 13.6. The van der Waals surface area contributed by atoms with Crippen molar-refractivity contribution in [3.8, 4) is 0 Å². The van der Waals surface area contributed by atoms with Crippen LogP contribution in [0, 0.1) is 0 Å². The Kier molecular flexibility index (Phi) is 4.50. The fourth-order valence-electron chi connectivity index (χ4n) is 1.20. The van der Waals surface area contributed by atoms with Crippen molar-refractivity contribution >= 4 is 23.1 Å². The first-order valence-electron chi connectivity index (χ1n) is 4.85. The smallest absolute Gasteiger partial charge is 0.367 e. The maximum Gasteiger partial charge on any atom is 0.367 e. The van der Waals surface area contributed by atoms with Crippen molar-refractivity contribution in [2.24, 2.45) is 0 Å². The van der Waals surface area contributed by atoms with E-state index < -0.39 is 11.8 Å². The van der Waals surface area contributed by atoms with Crippen molar-refractivity contribution in [3.05, 3.63) is 40.7 Å². The quantitative estimate of drug-likeness (QED) is 0.598. The molecule has 1 rings (SSSR count). The highest BCUT2D eigenvalue weighted by Gasteiger charge is 2.14. The third-order valence-electron chi connectivity index (χ3n) is 2.04. The lowest BCUT2D eigenvalue weighted by Crippen LogP contribution is -2.05. The van der Waals surface area contributed by atoms with Gasteiger partial charge in [-0.15, -0.1) is 0 Å². The second-order valence-corrected chi connectivity index (χ2v) is 3.61. The van der Waals surface area contributed by atoms with Gasteiger partial charge in [0, 0.05) is 5.02 Å². The van der Waals surface area contributed by atoms with Crippen molar-refractivity contribution in [1.29, 1.82) is 0 Å². The van der Waals surface area contributed by atoms with Crippen molar-refractivity contribution < 1.29 is 13.9 Å². The van der Waals surface area contributed by atoms with Gasteiger partial charge < -0.3 is 4.74 Å². The van der Waals surface area contributed by atoms with E-state index in [1.807, 2.05) is 0 Å². The Bertz CT molecular complexity index is 427. The molecule has 0 unspecified atom stereocenters. The maximum atomic E-state index is 13.6. The molecule has 1 aromatic carbocycles.